The zero-order chi connectivity index (χ0) is 17.1. The maximum atomic E-state index is 11.2. The zero-order valence-corrected chi connectivity index (χ0v) is 12.9. The van der Waals surface area contributed by atoms with E-state index >= 15 is 0 Å². The minimum Gasteiger partial charge on any atom is -0.458 e. The van der Waals surface area contributed by atoms with Crippen LogP contribution in [-0.2, 0) is 14.3 Å². The van der Waals surface area contributed by atoms with E-state index in [2.05, 4.69) is 6.58 Å². The highest BCUT2D eigenvalue weighted by Crippen LogP contribution is 2.35. The first-order valence-corrected chi connectivity index (χ1v) is 7.44. The van der Waals surface area contributed by atoms with Gasteiger partial charge in [-0.25, -0.2) is 9.59 Å². The fourth-order valence-corrected chi connectivity index (χ4v) is 2.53. The summed E-state index contributed by atoms with van der Waals surface area (Å²) >= 11 is 0. The third-order valence-corrected chi connectivity index (χ3v) is 3.63. The van der Waals surface area contributed by atoms with Crippen molar-refractivity contribution in [2.75, 3.05) is 6.61 Å². The second kappa shape index (κ2) is 10.5. The summed E-state index contributed by atoms with van der Waals surface area (Å²) in [5.74, 6) is 0.829. The van der Waals surface area contributed by atoms with E-state index < -0.39 is 18.2 Å². The van der Waals surface area contributed by atoms with Gasteiger partial charge in [0.05, 0.1) is 12.2 Å². The molecule has 1 rings (SSSR count). The third-order valence-electron chi connectivity index (χ3n) is 3.63. The van der Waals surface area contributed by atoms with Crippen LogP contribution >= 0.6 is 0 Å². The van der Waals surface area contributed by atoms with E-state index in [0.717, 1.165) is 0 Å². The summed E-state index contributed by atoms with van der Waals surface area (Å²) < 4.78 is 4.76. The molecule has 0 bridgehead atoms. The molecule has 0 spiro atoms. The van der Waals surface area contributed by atoms with Crippen LogP contribution in [0.2, 0.25) is 0 Å². The Morgan fingerprint density at radius 1 is 1.22 bits per heavy atom. The normalized spacial score (nSPS) is 27.6. The van der Waals surface area contributed by atoms with Gasteiger partial charge in [0.15, 0.2) is 0 Å². The number of esters is 1. The van der Waals surface area contributed by atoms with Crippen molar-refractivity contribution >= 4 is 11.9 Å². The van der Waals surface area contributed by atoms with E-state index in [-0.39, 0.29) is 18.4 Å². The summed E-state index contributed by atoms with van der Waals surface area (Å²) in [6.07, 6.45) is 12.0. The van der Waals surface area contributed by atoms with Crippen molar-refractivity contribution in [1.82, 2.24) is 0 Å². The number of allylic oxidation sites excluding steroid dienone is 5. The Labute approximate surface area is 136 Å². The van der Waals surface area contributed by atoms with Crippen molar-refractivity contribution in [2.24, 2.45) is 11.8 Å². The fourth-order valence-electron chi connectivity index (χ4n) is 2.53. The number of hydrogen-bond donors (Lipinski definition) is 2. The molecule has 1 aliphatic carbocycles. The molecule has 0 saturated heterocycles. The van der Waals surface area contributed by atoms with Gasteiger partial charge in [-0.05, 0) is 12.3 Å². The number of rotatable bonds is 8. The molecule has 5 nitrogen and oxygen atoms in total. The van der Waals surface area contributed by atoms with E-state index in [1.165, 1.54) is 18.2 Å². The molecule has 0 radical (unpaired) electrons. The molecule has 0 heterocycles. The quantitative estimate of drug-likeness (QED) is 0.233. The number of ether oxygens (including phenoxy) is 1. The molecule has 5 heteroatoms. The van der Waals surface area contributed by atoms with Crippen molar-refractivity contribution in [3.8, 4) is 0 Å². The highest BCUT2D eigenvalue weighted by Gasteiger charge is 2.39. The molecule has 4 atom stereocenters. The van der Waals surface area contributed by atoms with Gasteiger partial charge >= 0.3 is 5.97 Å². The van der Waals surface area contributed by atoms with E-state index in [1.807, 2.05) is 0 Å². The van der Waals surface area contributed by atoms with Gasteiger partial charge in [0.1, 0.15) is 12.5 Å². The molecule has 0 aromatic rings. The maximum absolute atomic E-state index is 11.2. The Kier molecular flexibility index (Phi) is 8.62. The lowest BCUT2D eigenvalue weighted by Gasteiger charge is -2.18. The molecule has 0 aliphatic heterocycles. The molecule has 0 aromatic heterocycles. The summed E-state index contributed by atoms with van der Waals surface area (Å²) in [5.41, 5.74) is 0. The molecule has 2 N–H and O–H groups in total. The molecule has 1 fully saturated rings. The molecule has 4 unspecified atom stereocenters. The third kappa shape index (κ3) is 6.61. The van der Waals surface area contributed by atoms with Crippen LogP contribution in [0.25, 0.3) is 0 Å². The van der Waals surface area contributed by atoms with Crippen molar-refractivity contribution in [3.05, 3.63) is 55.2 Å². The molecular weight excluding hydrogens is 296 g/mol. The van der Waals surface area contributed by atoms with E-state index in [0.29, 0.717) is 12.8 Å². The van der Waals surface area contributed by atoms with Crippen LogP contribution < -0.4 is 0 Å². The van der Waals surface area contributed by atoms with Gasteiger partial charge in [-0.15, -0.1) is 0 Å². The van der Waals surface area contributed by atoms with Crippen LogP contribution in [0.15, 0.2) is 55.2 Å². The first-order chi connectivity index (χ1) is 11.1. The summed E-state index contributed by atoms with van der Waals surface area (Å²) in [6, 6.07) is 0. The van der Waals surface area contributed by atoms with Gasteiger partial charge in [0.2, 0.25) is 0 Å². The molecule has 0 amide bonds. The lowest BCUT2D eigenvalue weighted by atomic mass is 9.90. The first-order valence-electron chi connectivity index (χ1n) is 7.44. The first kappa shape index (κ1) is 18.8. The minimum atomic E-state index is -0.635. The molecule has 124 valence electrons. The van der Waals surface area contributed by atoms with Gasteiger partial charge < -0.3 is 14.9 Å². The Bertz CT molecular complexity index is 526. The number of aliphatic hydroxyl groups is 2. The zero-order valence-electron chi connectivity index (χ0n) is 12.9. The number of carbonyl (C=O) groups excluding carboxylic acids is 2. The summed E-state index contributed by atoms with van der Waals surface area (Å²) in [5, 5.41) is 19.9. The molecule has 1 saturated carbocycles. The number of aliphatic hydroxyl groups excluding tert-OH is 2. The number of hydrogen-bond acceptors (Lipinski definition) is 5. The van der Waals surface area contributed by atoms with Crippen molar-refractivity contribution < 1.29 is 24.5 Å². The van der Waals surface area contributed by atoms with E-state index in [9.17, 15) is 19.8 Å². The lowest BCUT2D eigenvalue weighted by molar-refractivity contribution is -0.136. The average Bonchev–Trinajstić information content (AvgIpc) is 2.80. The highest BCUT2D eigenvalue weighted by molar-refractivity contribution is 5.82. The maximum Gasteiger partial charge on any atom is 0.331 e. The van der Waals surface area contributed by atoms with Crippen molar-refractivity contribution in [2.45, 2.75) is 25.0 Å². The van der Waals surface area contributed by atoms with Gasteiger partial charge in [0.25, 0.3) is 0 Å². The fraction of sp³-hybridized carbons (Fsp3) is 0.389. The molecule has 1 aliphatic rings. The van der Waals surface area contributed by atoms with Gasteiger partial charge in [-0.2, -0.15) is 0 Å². The average molecular weight is 318 g/mol. The summed E-state index contributed by atoms with van der Waals surface area (Å²) in [7, 11) is 0. The van der Waals surface area contributed by atoms with Crippen LogP contribution in [0.5, 0.6) is 0 Å². The standard InChI is InChI=1S/C18H22O5/c1-2-12-23-18(22)10-6-4-3-5-8-14-15(9-7-11-19)17(21)13-16(14)20/h2-8,10,14-17,20-21H,1,9,12-13H2. The van der Waals surface area contributed by atoms with E-state index in [1.54, 1.807) is 36.3 Å². The Balaban J connectivity index is 2.52. The topological polar surface area (TPSA) is 83.8 Å². The van der Waals surface area contributed by atoms with Gasteiger partial charge in [-0.1, -0.05) is 43.0 Å². The molecule has 23 heavy (non-hydrogen) atoms. The molecule has 0 aromatic carbocycles. The SMILES string of the molecule is C=CCOC(=O)C=CC=CC=CC1C(O)CC(O)C1CC=C=O. The monoisotopic (exact) mass is 318 g/mol. The second-order valence-corrected chi connectivity index (χ2v) is 5.22. The summed E-state index contributed by atoms with van der Waals surface area (Å²) in [6.45, 7) is 3.61. The molecular formula is C18H22O5. The minimum absolute atomic E-state index is 0.172. The van der Waals surface area contributed by atoms with Crippen LogP contribution in [0.4, 0.5) is 0 Å². The van der Waals surface area contributed by atoms with Crippen LogP contribution in [-0.4, -0.2) is 40.9 Å². The van der Waals surface area contributed by atoms with Gasteiger partial charge in [0, 0.05) is 24.5 Å². The highest BCUT2D eigenvalue weighted by atomic mass is 16.5. The Hall–Kier alpha value is -2.20. The van der Waals surface area contributed by atoms with Crippen molar-refractivity contribution in [3.63, 3.8) is 0 Å². The summed E-state index contributed by atoms with van der Waals surface area (Å²) in [4.78, 5) is 21.5. The van der Waals surface area contributed by atoms with Crippen LogP contribution in [0.3, 0.4) is 0 Å². The second-order valence-electron chi connectivity index (χ2n) is 5.22. The van der Waals surface area contributed by atoms with E-state index in [4.69, 9.17) is 4.74 Å². The smallest absolute Gasteiger partial charge is 0.331 e. The lowest BCUT2D eigenvalue weighted by Crippen LogP contribution is -2.19. The van der Waals surface area contributed by atoms with Crippen LogP contribution in [0.1, 0.15) is 12.8 Å². The largest absolute Gasteiger partial charge is 0.458 e. The Morgan fingerprint density at radius 2 is 1.96 bits per heavy atom. The predicted octanol–water partition coefficient (Wildman–Crippen LogP) is 1.52. The van der Waals surface area contributed by atoms with Crippen molar-refractivity contribution in [1.29, 1.82) is 0 Å². The predicted molar refractivity (Wildman–Crippen MR) is 87.1 cm³/mol. The van der Waals surface area contributed by atoms with Gasteiger partial charge in [-0.3, -0.25) is 0 Å². The Morgan fingerprint density at radius 3 is 2.65 bits per heavy atom. The number of carbonyl (C=O) groups is 1. The van der Waals surface area contributed by atoms with Crippen LogP contribution in [0, 0.1) is 11.8 Å².